The second-order valence-corrected chi connectivity index (χ2v) is 9.22. The van der Waals surface area contributed by atoms with E-state index < -0.39 is 32.9 Å². The van der Waals surface area contributed by atoms with Gasteiger partial charge in [0.2, 0.25) is 10.0 Å². The summed E-state index contributed by atoms with van der Waals surface area (Å²) in [4.78, 5) is 35.0. The number of carbonyl (C=O) groups excluding carboxylic acids is 2. The summed E-state index contributed by atoms with van der Waals surface area (Å²) in [6.07, 6.45) is 0.295. The van der Waals surface area contributed by atoms with Crippen LogP contribution in [0.25, 0.3) is 0 Å². The van der Waals surface area contributed by atoms with Crippen molar-refractivity contribution in [2.45, 2.75) is 30.8 Å². The van der Waals surface area contributed by atoms with E-state index in [0.717, 1.165) is 12.8 Å². The van der Waals surface area contributed by atoms with Gasteiger partial charge in [-0.05, 0) is 50.1 Å². The molecule has 1 fully saturated rings. The summed E-state index contributed by atoms with van der Waals surface area (Å²) < 4.78 is 37.6. The van der Waals surface area contributed by atoms with Gasteiger partial charge in [-0.2, -0.15) is 4.31 Å². The molecule has 2 aromatic carbocycles. The first-order chi connectivity index (χ1) is 15.6. The number of anilines is 1. The standard InChI is InChI=1S/C21H23N3O8S/c1-14(20(25)22-16-6-8-17(9-7-16)24(27)28)32-21(26)15-5-10-18(31-2)19(13-15)33(29,30)23-11-3-4-12-23/h5-10,13-14H,3-4,11-12H2,1-2H3,(H,22,25). The van der Waals surface area contributed by atoms with Crippen LogP contribution in [0.5, 0.6) is 5.75 Å². The number of nitro groups is 1. The SMILES string of the molecule is COc1ccc(C(=O)OC(C)C(=O)Nc2ccc([N+](=O)[O-])cc2)cc1S(=O)(=O)N1CCCC1. The van der Waals surface area contributed by atoms with E-state index in [1.807, 2.05) is 0 Å². The minimum Gasteiger partial charge on any atom is -0.495 e. The molecule has 1 aliphatic rings. The third-order valence-corrected chi connectivity index (χ3v) is 7.00. The molecule has 2 aromatic rings. The molecule has 1 N–H and O–H groups in total. The molecule has 176 valence electrons. The van der Waals surface area contributed by atoms with Gasteiger partial charge in [0.15, 0.2) is 6.10 Å². The number of amides is 1. The molecular weight excluding hydrogens is 454 g/mol. The topological polar surface area (TPSA) is 145 Å². The maximum Gasteiger partial charge on any atom is 0.338 e. The number of sulfonamides is 1. The van der Waals surface area contributed by atoms with Crippen molar-refractivity contribution in [3.8, 4) is 5.75 Å². The molecule has 33 heavy (non-hydrogen) atoms. The molecule has 0 radical (unpaired) electrons. The first-order valence-corrected chi connectivity index (χ1v) is 11.5. The number of nitrogens with one attached hydrogen (secondary N) is 1. The Morgan fingerprint density at radius 1 is 1.12 bits per heavy atom. The molecule has 0 aromatic heterocycles. The predicted octanol–water partition coefficient (Wildman–Crippen LogP) is 2.57. The molecule has 3 rings (SSSR count). The lowest BCUT2D eigenvalue weighted by Crippen LogP contribution is -2.30. The van der Waals surface area contributed by atoms with Crippen molar-refractivity contribution in [1.82, 2.24) is 4.31 Å². The van der Waals surface area contributed by atoms with Crippen LogP contribution < -0.4 is 10.1 Å². The van der Waals surface area contributed by atoms with Crippen molar-refractivity contribution < 1.29 is 32.4 Å². The van der Waals surface area contributed by atoms with Gasteiger partial charge in [-0.25, -0.2) is 13.2 Å². The summed E-state index contributed by atoms with van der Waals surface area (Å²) in [6.45, 7) is 2.13. The van der Waals surface area contributed by atoms with Crippen molar-refractivity contribution in [3.63, 3.8) is 0 Å². The first-order valence-electron chi connectivity index (χ1n) is 10.1. The summed E-state index contributed by atoms with van der Waals surface area (Å²) in [5, 5.41) is 13.2. The van der Waals surface area contributed by atoms with Crippen LogP contribution in [0.3, 0.4) is 0 Å². The van der Waals surface area contributed by atoms with E-state index >= 15 is 0 Å². The van der Waals surface area contributed by atoms with Gasteiger partial charge >= 0.3 is 5.97 Å². The maximum absolute atomic E-state index is 13.0. The first kappa shape index (κ1) is 24.1. The van der Waals surface area contributed by atoms with Crippen LogP contribution in [0.1, 0.15) is 30.1 Å². The lowest BCUT2D eigenvalue weighted by molar-refractivity contribution is -0.384. The van der Waals surface area contributed by atoms with Gasteiger partial charge in [-0.15, -0.1) is 0 Å². The van der Waals surface area contributed by atoms with Crippen LogP contribution in [0.4, 0.5) is 11.4 Å². The Morgan fingerprint density at radius 2 is 1.76 bits per heavy atom. The number of non-ortho nitro benzene ring substituents is 1. The summed E-state index contributed by atoms with van der Waals surface area (Å²) in [6, 6.07) is 9.05. The summed E-state index contributed by atoms with van der Waals surface area (Å²) in [5.74, 6) is -1.44. The molecule has 12 heteroatoms. The fourth-order valence-corrected chi connectivity index (χ4v) is 4.96. The van der Waals surface area contributed by atoms with Crippen LogP contribution in [-0.2, 0) is 19.6 Å². The number of carbonyl (C=O) groups is 2. The van der Waals surface area contributed by atoms with Crippen LogP contribution in [0.15, 0.2) is 47.4 Å². The Morgan fingerprint density at radius 3 is 2.33 bits per heavy atom. The van der Waals surface area contributed by atoms with E-state index in [-0.39, 0.29) is 27.6 Å². The lowest BCUT2D eigenvalue weighted by Gasteiger charge is -2.18. The van der Waals surface area contributed by atoms with E-state index in [2.05, 4.69) is 5.32 Å². The largest absolute Gasteiger partial charge is 0.495 e. The van der Waals surface area contributed by atoms with Gasteiger partial charge in [0, 0.05) is 30.9 Å². The van der Waals surface area contributed by atoms with Gasteiger partial charge < -0.3 is 14.8 Å². The summed E-state index contributed by atoms with van der Waals surface area (Å²) in [7, 11) is -2.53. The van der Waals surface area contributed by atoms with Gasteiger partial charge in [-0.3, -0.25) is 14.9 Å². The fraction of sp³-hybridized carbons (Fsp3) is 0.333. The molecule has 0 spiro atoms. The predicted molar refractivity (Wildman–Crippen MR) is 118 cm³/mol. The average Bonchev–Trinajstić information content (AvgIpc) is 3.35. The van der Waals surface area contributed by atoms with Crippen molar-refractivity contribution in [2.75, 3.05) is 25.5 Å². The van der Waals surface area contributed by atoms with Crippen molar-refractivity contribution >= 4 is 33.3 Å². The van der Waals surface area contributed by atoms with Gasteiger partial charge in [0.05, 0.1) is 17.6 Å². The highest BCUT2D eigenvalue weighted by molar-refractivity contribution is 7.89. The van der Waals surface area contributed by atoms with E-state index in [1.54, 1.807) is 0 Å². The number of benzene rings is 2. The quantitative estimate of drug-likeness (QED) is 0.347. The zero-order valence-corrected chi connectivity index (χ0v) is 18.8. The highest BCUT2D eigenvalue weighted by atomic mass is 32.2. The maximum atomic E-state index is 13.0. The van der Waals surface area contributed by atoms with E-state index in [0.29, 0.717) is 13.1 Å². The monoisotopic (exact) mass is 477 g/mol. The number of ether oxygens (including phenoxy) is 2. The van der Waals surface area contributed by atoms with E-state index in [9.17, 15) is 28.1 Å². The zero-order valence-electron chi connectivity index (χ0n) is 18.0. The molecule has 1 amide bonds. The molecule has 1 saturated heterocycles. The Hall–Kier alpha value is -3.51. The molecular formula is C21H23N3O8S. The second-order valence-electron chi connectivity index (χ2n) is 7.32. The Bertz CT molecular complexity index is 1160. The second kappa shape index (κ2) is 9.96. The molecule has 1 aliphatic heterocycles. The van der Waals surface area contributed by atoms with Crippen LogP contribution >= 0.6 is 0 Å². The molecule has 0 aliphatic carbocycles. The number of hydrogen-bond acceptors (Lipinski definition) is 8. The minimum atomic E-state index is -3.86. The molecule has 1 unspecified atom stereocenters. The average molecular weight is 477 g/mol. The number of hydrogen-bond donors (Lipinski definition) is 1. The van der Waals surface area contributed by atoms with Gasteiger partial charge in [-0.1, -0.05) is 0 Å². The number of nitro benzene ring substituents is 1. The Labute approximate surface area is 190 Å². The highest BCUT2D eigenvalue weighted by Crippen LogP contribution is 2.30. The number of esters is 1. The lowest BCUT2D eigenvalue weighted by atomic mass is 10.2. The smallest absolute Gasteiger partial charge is 0.338 e. The van der Waals surface area contributed by atoms with Gasteiger partial charge in [0.25, 0.3) is 11.6 Å². The molecule has 0 bridgehead atoms. The molecule has 1 atom stereocenters. The van der Waals surface area contributed by atoms with Crippen LogP contribution in [0, 0.1) is 10.1 Å². The van der Waals surface area contributed by atoms with Crippen LogP contribution in [-0.4, -0.2) is 55.8 Å². The normalized spacial score (nSPS) is 15.0. The molecule has 0 saturated carbocycles. The van der Waals surface area contributed by atoms with Gasteiger partial charge in [0.1, 0.15) is 10.6 Å². The van der Waals surface area contributed by atoms with Crippen molar-refractivity contribution in [1.29, 1.82) is 0 Å². The van der Waals surface area contributed by atoms with Crippen molar-refractivity contribution in [2.24, 2.45) is 0 Å². The Balaban J connectivity index is 1.72. The number of methoxy groups -OCH3 is 1. The molecule has 1 heterocycles. The summed E-state index contributed by atoms with van der Waals surface area (Å²) in [5.41, 5.74) is 0.104. The third-order valence-electron chi connectivity index (χ3n) is 5.08. The van der Waals surface area contributed by atoms with E-state index in [4.69, 9.17) is 9.47 Å². The number of rotatable bonds is 8. The van der Waals surface area contributed by atoms with E-state index in [1.165, 1.54) is 60.8 Å². The molecule has 11 nitrogen and oxygen atoms in total. The highest BCUT2D eigenvalue weighted by Gasteiger charge is 2.31. The minimum absolute atomic E-state index is 0.0523. The third kappa shape index (κ3) is 5.46. The number of nitrogens with zero attached hydrogens (tertiary/aromatic N) is 2. The fourth-order valence-electron chi connectivity index (χ4n) is 3.27. The zero-order chi connectivity index (χ0) is 24.2. The van der Waals surface area contributed by atoms with Crippen LogP contribution in [0.2, 0.25) is 0 Å². The Kier molecular flexibility index (Phi) is 7.29. The van der Waals surface area contributed by atoms with Crippen molar-refractivity contribution in [3.05, 3.63) is 58.1 Å². The summed E-state index contributed by atoms with van der Waals surface area (Å²) >= 11 is 0.